The third-order valence-corrected chi connectivity index (χ3v) is 5.94. The number of nitrogens with one attached hydrogen (secondary N) is 1. The molecule has 3 rings (SSSR count). The minimum atomic E-state index is -3.27. The monoisotopic (exact) mass is 449 g/mol. The van der Waals surface area contributed by atoms with Crippen molar-refractivity contribution in [3.63, 3.8) is 0 Å². The first-order valence-corrected chi connectivity index (χ1v) is 10.5. The van der Waals surface area contributed by atoms with Crippen molar-refractivity contribution in [1.82, 2.24) is 4.31 Å². The Morgan fingerprint density at radius 1 is 0.833 bits per heavy atom. The number of rotatable bonds is 4. The number of sulfonamides is 1. The largest absolute Gasteiger partial charge is 0.369 e. The van der Waals surface area contributed by atoms with Crippen LogP contribution in [0.2, 0.25) is 0 Å². The van der Waals surface area contributed by atoms with Crippen LogP contribution in [0.25, 0.3) is 0 Å². The minimum Gasteiger partial charge on any atom is -0.369 e. The molecule has 6 nitrogen and oxygen atoms in total. The molecule has 0 radical (unpaired) electrons. The summed E-state index contributed by atoms with van der Waals surface area (Å²) in [6.45, 7) is 1.47. The fourth-order valence-electron chi connectivity index (χ4n) is 3.03. The predicted molar refractivity (Wildman–Crippen MR) is 99.3 cm³/mol. The zero-order valence-electron chi connectivity index (χ0n) is 15.6. The highest BCUT2D eigenvalue weighted by molar-refractivity contribution is 7.88. The number of hydrogen-bond donors (Lipinski definition) is 1. The van der Waals surface area contributed by atoms with Gasteiger partial charge in [0.25, 0.3) is 5.91 Å². The number of anilines is 2. The van der Waals surface area contributed by atoms with E-state index < -0.39 is 50.6 Å². The summed E-state index contributed by atoms with van der Waals surface area (Å²) in [7, 11) is -3.27. The van der Waals surface area contributed by atoms with Crippen molar-refractivity contribution in [3.05, 3.63) is 58.9 Å². The Bertz CT molecular complexity index is 1060. The van der Waals surface area contributed by atoms with E-state index in [1.807, 2.05) is 4.90 Å². The number of hydrogen-bond acceptors (Lipinski definition) is 4. The fourth-order valence-corrected chi connectivity index (χ4v) is 3.86. The summed E-state index contributed by atoms with van der Waals surface area (Å²) in [4.78, 5) is 14.0. The van der Waals surface area contributed by atoms with Crippen LogP contribution in [0, 0.1) is 29.1 Å². The molecule has 30 heavy (non-hydrogen) atoms. The van der Waals surface area contributed by atoms with Gasteiger partial charge in [0.05, 0.1) is 6.26 Å². The van der Waals surface area contributed by atoms with Crippen LogP contribution in [0.4, 0.5) is 33.3 Å². The molecule has 2 aromatic carbocycles. The van der Waals surface area contributed by atoms with Gasteiger partial charge < -0.3 is 10.2 Å². The molecule has 1 aliphatic rings. The summed E-state index contributed by atoms with van der Waals surface area (Å²) >= 11 is 0. The summed E-state index contributed by atoms with van der Waals surface area (Å²) in [5, 5.41) is 2.09. The molecule has 1 heterocycles. The Morgan fingerprint density at radius 3 is 1.77 bits per heavy atom. The highest BCUT2D eigenvalue weighted by Gasteiger charge is 2.30. The molecule has 2 aromatic rings. The number of piperazine rings is 1. The van der Waals surface area contributed by atoms with Gasteiger partial charge in [-0.25, -0.2) is 30.4 Å². The zero-order chi connectivity index (χ0) is 22.2. The van der Waals surface area contributed by atoms with E-state index in [1.165, 1.54) is 16.4 Å². The smallest absolute Gasteiger partial charge is 0.261 e. The zero-order valence-corrected chi connectivity index (χ0v) is 16.4. The van der Waals surface area contributed by atoms with Crippen LogP contribution in [0.5, 0.6) is 0 Å². The lowest BCUT2D eigenvalue weighted by atomic mass is 10.1. The van der Waals surface area contributed by atoms with Gasteiger partial charge in [0.15, 0.2) is 23.3 Å². The molecule has 162 valence electrons. The number of amides is 1. The molecule has 12 heteroatoms. The quantitative estimate of drug-likeness (QED) is 0.443. The molecule has 0 spiro atoms. The number of halogens is 5. The third-order valence-electron chi connectivity index (χ3n) is 4.63. The standard InChI is InChI=1S/C18H16F5N3O3S/c1-30(28,29)26-8-6-25(7-9-26)11-4-2-10(3-5-11)24-18(27)12-13(19)15(21)17(23)16(22)14(12)20/h2-5H,6-9H2,1H3,(H,24,27). The van der Waals surface area contributed by atoms with E-state index in [2.05, 4.69) is 5.32 Å². The summed E-state index contributed by atoms with van der Waals surface area (Å²) < 4.78 is 91.6. The van der Waals surface area contributed by atoms with E-state index in [9.17, 15) is 35.2 Å². The maximum absolute atomic E-state index is 13.7. The number of carbonyl (C=O) groups excluding carboxylic acids is 1. The van der Waals surface area contributed by atoms with E-state index in [0.717, 1.165) is 6.26 Å². The van der Waals surface area contributed by atoms with Crippen molar-refractivity contribution in [2.45, 2.75) is 0 Å². The Labute approximate surface area is 168 Å². The molecular weight excluding hydrogens is 433 g/mol. The second-order valence-corrected chi connectivity index (χ2v) is 8.58. The molecule has 0 saturated carbocycles. The van der Waals surface area contributed by atoms with Gasteiger partial charge in [0.2, 0.25) is 15.8 Å². The molecule has 1 amide bonds. The Hall–Kier alpha value is -2.73. The Kier molecular flexibility index (Phi) is 5.99. The van der Waals surface area contributed by atoms with E-state index in [4.69, 9.17) is 0 Å². The molecule has 0 atom stereocenters. The molecule has 0 bridgehead atoms. The lowest BCUT2D eigenvalue weighted by Crippen LogP contribution is -2.48. The normalized spacial score (nSPS) is 15.3. The van der Waals surface area contributed by atoms with E-state index in [1.54, 1.807) is 12.1 Å². The SMILES string of the molecule is CS(=O)(=O)N1CCN(c2ccc(NC(=O)c3c(F)c(F)c(F)c(F)c3F)cc2)CC1. The van der Waals surface area contributed by atoms with Crippen LogP contribution < -0.4 is 10.2 Å². The number of nitrogens with zero attached hydrogens (tertiary/aromatic N) is 2. The first kappa shape index (κ1) is 22.0. The van der Waals surface area contributed by atoms with Crippen LogP contribution >= 0.6 is 0 Å². The summed E-state index contributed by atoms with van der Waals surface area (Å²) in [6, 6.07) is 5.93. The molecule has 0 unspecified atom stereocenters. The van der Waals surface area contributed by atoms with Crippen LogP contribution in [-0.4, -0.2) is 51.1 Å². The summed E-state index contributed by atoms with van der Waals surface area (Å²) in [5.41, 5.74) is -0.799. The molecule has 1 fully saturated rings. The van der Waals surface area contributed by atoms with Gasteiger partial charge in [-0.05, 0) is 24.3 Å². The highest BCUT2D eigenvalue weighted by atomic mass is 32.2. The molecule has 0 aliphatic carbocycles. The lowest BCUT2D eigenvalue weighted by molar-refractivity contribution is 0.101. The maximum atomic E-state index is 13.7. The fraction of sp³-hybridized carbons (Fsp3) is 0.278. The van der Waals surface area contributed by atoms with E-state index in [0.29, 0.717) is 31.9 Å². The van der Waals surface area contributed by atoms with Gasteiger partial charge in [-0.1, -0.05) is 0 Å². The third kappa shape index (κ3) is 4.24. The molecule has 1 aliphatic heterocycles. The van der Waals surface area contributed by atoms with E-state index >= 15 is 0 Å². The number of carbonyl (C=O) groups is 1. The number of benzene rings is 2. The minimum absolute atomic E-state index is 0.0717. The average Bonchev–Trinajstić information content (AvgIpc) is 2.71. The van der Waals surface area contributed by atoms with Gasteiger partial charge >= 0.3 is 0 Å². The van der Waals surface area contributed by atoms with Gasteiger partial charge in [0, 0.05) is 37.6 Å². The van der Waals surface area contributed by atoms with Crippen molar-refractivity contribution in [2.75, 3.05) is 42.7 Å². The molecule has 0 aromatic heterocycles. The van der Waals surface area contributed by atoms with Crippen molar-refractivity contribution in [1.29, 1.82) is 0 Å². The van der Waals surface area contributed by atoms with Crippen molar-refractivity contribution >= 4 is 27.3 Å². The average molecular weight is 449 g/mol. The predicted octanol–water partition coefficient (Wildman–Crippen LogP) is 2.72. The first-order chi connectivity index (χ1) is 14.0. The van der Waals surface area contributed by atoms with Crippen molar-refractivity contribution < 1.29 is 35.2 Å². The van der Waals surface area contributed by atoms with Crippen LogP contribution in [0.1, 0.15) is 10.4 Å². The highest BCUT2D eigenvalue weighted by Crippen LogP contribution is 2.25. The van der Waals surface area contributed by atoms with Gasteiger partial charge in [0.1, 0.15) is 5.56 Å². The van der Waals surface area contributed by atoms with Crippen LogP contribution in [-0.2, 0) is 10.0 Å². The maximum Gasteiger partial charge on any atom is 0.261 e. The van der Waals surface area contributed by atoms with E-state index in [-0.39, 0.29) is 5.69 Å². The van der Waals surface area contributed by atoms with Gasteiger partial charge in [-0.15, -0.1) is 0 Å². The van der Waals surface area contributed by atoms with Crippen LogP contribution in [0.15, 0.2) is 24.3 Å². The second kappa shape index (κ2) is 8.19. The summed E-state index contributed by atoms with van der Waals surface area (Å²) in [5.74, 6) is -12.7. The van der Waals surface area contributed by atoms with Crippen molar-refractivity contribution in [2.24, 2.45) is 0 Å². The van der Waals surface area contributed by atoms with Gasteiger partial charge in [-0.3, -0.25) is 4.79 Å². The first-order valence-electron chi connectivity index (χ1n) is 8.63. The Morgan fingerprint density at radius 2 is 1.30 bits per heavy atom. The van der Waals surface area contributed by atoms with Crippen molar-refractivity contribution in [3.8, 4) is 0 Å². The topological polar surface area (TPSA) is 69.7 Å². The Balaban J connectivity index is 1.72. The molecule has 1 N–H and O–H groups in total. The molecule has 1 saturated heterocycles. The second-order valence-electron chi connectivity index (χ2n) is 6.59. The van der Waals surface area contributed by atoms with Gasteiger partial charge in [-0.2, -0.15) is 4.31 Å². The van der Waals surface area contributed by atoms with Crippen LogP contribution in [0.3, 0.4) is 0 Å². The summed E-state index contributed by atoms with van der Waals surface area (Å²) in [6.07, 6.45) is 1.13. The lowest BCUT2D eigenvalue weighted by Gasteiger charge is -2.34. The molecular formula is C18H16F5N3O3S.